The van der Waals surface area contributed by atoms with E-state index in [1.807, 2.05) is 0 Å². The average molecular weight is 208 g/mol. The van der Waals surface area contributed by atoms with Gasteiger partial charge < -0.3 is 15.7 Å². The van der Waals surface area contributed by atoms with E-state index in [9.17, 15) is 9.59 Å². The summed E-state index contributed by atoms with van der Waals surface area (Å²) in [6.07, 6.45) is 0. The van der Waals surface area contributed by atoms with Crippen LogP contribution in [0.25, 0.3) is 0 Å². The Morgan fingerprint density at radius 3 is 2.53 bits per heavy atom. The number of carboxylic acid groups (broad SMARTS) is 1. The lowest BCUT2D eigenvalue weighted by atomic mass is 10.1. The fraction of sp³-hybridized carbons (Fsp3) is 0.200. The molecule has 15 heavy (non-hydrogen) atoms. The quantitative estimate of drug-likeness (QED) is 0.745. The fourth-order valence-corrected chi connectivity index (χ4v) is 1.30. The van der Waals surface area contributed by atoms with Crippen LogP contribution in [0, 0.1) is 0 Å². The Kier molecular flexibility index (Phi) is 3.28. The molecule has 0 aromatic heterocycles. The number of rotatable bonds is 4. The highest BCUT2D eigenvalue weighted by molar-refractivity contribution is 5.99. The van der Waals surface area contributed by atoms with Crippen LogP contribution in [-0.4, -0.2) is 30.6 Å². The van der Waals surface area contributed by atoms with Crippen LogP contribution in [0.5, 0.6) is 0 Å². The van der Waals surface area contributed by atoms with Crippen LogP contribution < -0.4 is 10.6 Å². The Balaban J connectivity index is 3.02. The Morgan fingerprint density at radius 2 is 2.00 bits per heavy atom. The standard InChI is InChI=1S/C10H12N2O3/c1-12(6-9(13)14)8-5-3-2-4-7(8)10(11)15/h2-5H,6H2,1H3,(H2,11,15)(H,13,14). The number of primary amides is 1. The molecule has 80 valence electrons. The van der Waals surface area contributed by atoms with Crippen LogP contribution >= 0.6 is 0 Å². The maximum Gasteiger partial charge on any atom is 0.323 e. The van der Waals surface area contributed by atoms with Gasteiger partial charge in [-0.2, -0.15) is 0 Å². The summed E-state index contributed by atoms with van der Waals surface area (Å²) >= 11 is 0. The summed E-state index contributed by atoms with van der Waals surface area (Å²) in [4.78, 5) is 23.0. The first kappa shape index (κ1) is 11.0. The van der Waals surface area contributed by atoms with E-state index in [0.717, 1.165) is 0 Å². The third-order valence-corrected chi connectivity index (χ3v) is 1.95. The van der Waals surface area contributed by atoms with Crippen molar-refractivity contribution in [2.45, 2.75) is 0 Å². The molecule has 0 aliphatic heterocycles. The van der Waals surface area contributed by atoms with Crippen LogP contribution in [0.2, 0.25) is 0 Å². The first-order chi connectivity index (χ1) is 7.02. The van der Waals surface area contributed by atoms with Gasteiger partial charge in [-0.3, -0.25) is 9.59 Å². The monoisotopic (exact) mass is 208 g/mol. The summed E-state index contributed by atoms with van der Waals surface area (Å²) in [7, 11) is 1.59. The molecule has 5 nitrogen and oxygen atoms in total. The number of hydrogen-bond donors (Lipinski definition) is 2. The van der Waals surface area contributed by atoms with Crippen molar-refractivity contribution >= 4 is 17.6 Å². The minimum atomic E-state index is -0.961. The molecule has 3 N–H and O–H groups in total. The fourth-order valence-electron chi connectivity index (χ4n) is 1.30. The van der Waals surface area contributed by atoms with Gasteiger partial charge in [0.2, 0.25) is 0 Å². The van der Waals surface area contributed by atoms with Gasteiger partial charge >= 0.3 is 5.97 Å². The number of carbonyl (C=O) groups excluding carboxylic acids is 1. The van der Waals surface area contributed by atoms with Crippen molar-refractivity contribution < 1.29 is 14.7 Å². The number of benzene rings is 1. The number of amides is 1. The lowest BCUT2D eigenvalue weighted by Crippen LogP contribution is -2.27. The molecule has 1 amide bonds. The Hall–Kier alpha value is -2.04. The van der Waals surface area contributed by atoms with Gasteiger partial charge in [0.25, 0.3) is 5.91 Å². The largest absolute Gasteiger partial charge is 0.480 e. The van der Waals surface area contributed by atoms with E-state index in [-0.39, 0.29) is 6.54 Å². The molecule has 0 saturated heterocycles. The number of carbonyl (C=O) groups is 2. The van der Waals surface area contributed by atoms with Crippen LogP contribution in [0.3, 0.4) is 0 Å². The highest BCUT2D eigenvalue weighted by Gasteiger charge is 2.12. The predicted octanol–water partition coefficient (Wildman–Crippen LogP) is 0.306. The lowest BCUT2D eigenvalue weighted by molar-refractivity contribution is -0.135. The lowest BCUT2D eigenvalue weighted by Gasteiger charge is -2.18. The van der Waals surface area contributed by atoms with Crippen molar-refractivity contribution in [2.24, 2.45) is 5.73 Å². The molecule has 0 atom stereocenters. The van der Waals surface area contributed by atoms with E-state index < -0.39 is 11.9 Å². The molecular formula is C10H12N2O3. The van der Waals surface area contributed by atoms with Crippen LogP contribution in [0.4, 0.5) is 5.69 Å². The Morgan fingerprint density at radius 1 is 1.40 bits per heavy atom. The summed E-state index contributed by atoms with van der Waals surface area (Å²) in [5.74, 6) is -1.53. The normalized spacial score (nSPS) is 9.67. The second-order valence-corrected chi connectivity index (χ2v) is 3.13. The topological polar surface area (TPSA) is 83.6 Å². The van der Waals surface area contributed by atoms with Crippen molar-refractivity contribution in [2.75, 3.05) is 18.5 Å². The number of likely N-dealkylation sites (N-methyl/N-ethyl adjacent to an activating group) is 1. The number of para-hydroxylation sites is 1. The number of nitrogens with zero attached hydrogens (tertiary/aromatic N) is 1. The minimum Gasteiger partial charge on any atom is -0.480 e. The third-order valence-electron chi connectivity index (χ3n) is 1.95. The molecular weight excluding hydrogens is 196 g/mol. The number of aliphatic carboxylic acids is 1. The smallest absolute Gasteiger partial charge is 0.323 e. The first-order valence-electron chi connectivity index (χ1n) is 4.34. The van der Waals surface area contributed by atoms with Crippen LogP contribution in [0.1, 0.15) is 10.4 Å². The van der Waals surface area contributed by atoms with Crippen molar-refractivity contribution in [3.63, 3.8) is 0 Å². The van der Waals surface area contributed by atoms with Gasteiger partial charge in [0.1, 0.15) is 6.54 Å². The molecule has 0 bridgehead atoms. The molecule has 0 unspecified atom stereocenters. The van der Waals surface area contributed by atoms with Crippen LogP contribution in [-0.2, 0) is 4.79 Å². The van der Waals surface area contributed by atoms with Crippen molar-refractivity contribution in [1.29, 1.82) is 0 Å². The van der Waals surface area contributed by atoms with Crippen molar-refractivity contribution in [3.8, 4) is 0 Å². The van der Waals surface area contributed by atoms with E-state index in [0.29, 0.717) is 11.3 Å². The Bertz CT molecular complexity index is 390. The number of hydrogen-bond acceptors (Lipinski definition) is 3. The average Bonchev–Trinajstić information content (AvgIpc) is 2.16. The summed E-state index contributed by atoms with van der Waals surface area (Å²) in [5, 5.41) is 8.62. The third kappa shape index (κ3) is 2.70. The molecule has 0 heterocycles. The van der Waals surface area contributed by atoms with Crippen molar-refractivity contribution in [1.82, 2.24) is 0 Å². The zero-order valence-electron chi connectivity index (χ0n) is 8.30. The maximum atomic E-state index is 11.1. The van der Waals surface area contributed by atoms with Gasteiger partial charge in [0, 0.05) is 12.7 Å². The SMILES string of the molecule is CN(CC(=O)O)c1ccccc1C(N)=O. The second kappa shape index (κ2) is 4.45. The molecule has 0 aliphatic carbocycles. The molecule has 1 aromatic carbocycles. The van der Waals surface area contributed by atoms with Gasteiger partial charge in [-0.25, -0.2) is 0 Å². The molecule has 1 aromatic rings. The Labute approximate surface area is 87.1 Å². The predicted molar refractivity (Wildman–Crippen MR) is 55.9 cm³/mol. The highest BCUT2D eigenvalue weighted by Crippen LogP contribution is 2.17. The summed E-state index contributed by atoms with van der Waals surface area (Å²) in [6.45, 7) is -0.176. The summed E-state index contributed by atoms with van der Waals surface area (Å²) in [5.41, 5.74) is 6.01. The van der Waals surface area contributed by atoms with Gasteiger partial charge in [0.15, 0.2) is 0 Å². The van der Waals surface area contributed by atoms with Gasteiger partial charge in [-0.05, 0) is 12.1 Å². The number of anilines is 1. The van der Waals surface area contributed by atoms with Crippen molar-refractivity contribution in [3.05, 3.63) is 29.8 Å². The molecule has 5 heteroatoms. The zero-order chi connectivity index (χ0) is 11.4. The maximum absolute atomic E-state index is 11.1. The van der Waals surface area contributed by atoms with E-state index in [2.05, 4.69) is 0 Å². The molecule has 1 rings (SSSR count). The van der Waals surface area contributed by atoms with Gasteiger partial charge in [0.05, 0.1) is 5.56 Å². The highest BCUT2D eigenvalue weighted by atomic mass is 16.4. The van der Waals surface area contributed by atoms with Gasteiger partial charge in [-0.15, -0.1) is 0 Å². The van der Waals surface area contributed by atoms with Gasteiger partial charge in [-0.1, -0.05) is 12.1 Å². The van der Waals surface area contributed by atoms with Crippen LogP contribution in [0.15, 0.2) is 24.3 Å². The number of nitrogens with two attached hydrogens (primary N) is 1. The zero-order valence-corrected chi connectivity index (χ0v) is 8.30. The minimum absolute atomic E-state index is 0.176. The summed E-state index contributed by atoms with van der Waals surface area (Å²) < 4.78 is 0. The summed E-state index contributed by atoms with van der Waals surface area (Å²) in [6, 6.07) is 6.62. The molecule has 0 fully saturated rings. The molecule has 0 saturated carbocycles. The van der Waals surface area contributed by atoms with E-state index in [4.69, 9.17) is 10.8 Å². The first-order valence-corrected chi connectivity index (χ1v) is 4.34. The van der Waals surface area contributed by atoms with E-state index >= 15 is 0 Å². The molecule has 0 spiro atoms. The van der Waals surface area contributed by atoms with E-state index in [1.165, 1.54) is 4.90 Å². The molecule has 0 aliphatic rings. The second-order valence-electron chi connectivity index (χ2n) is 3.13. The van der Waals surface area contributed by atoms with E-state index in [1.54, 1.807) is 31.3 Å². The molecule has 0 radical (unpaired) electrons. The number of carboxylic acids is 1.